The van der Waals surface area contributed by atoms with Crippen LogP contribution in [0.5, 0.6) is 0 Å². The van der Waals surface area contributed by atoms with Crippen molar-refractivity contribution < 1.29 is 14.7 Å². The highest BCUT2D eigenvalue weighted by molar-refractivity contribution is 7.12. The number of nitrogens with one attached hydrogen (secondary N) is 1. The van der Waals surface area contributed by atoms with Gasteiger partial charge in [-0.3, -0.25) is 9.59 Å². The number of amides is 2. The summed E-state index contributed by atoms with van der Waals surface area (Å²) in [7, 11) is 0. The van der Waals surface area contributed by atoms with Crippen LogP contribution < -0.4 is 5.32 Å². The van der Waals surface area contributed by atoms with Crippen molar-refractivity contribution in [2.75, 3.05) is 11.9 Å². The Labute approximate surface area is 95.7 Å². The van der Waals surface area contributed by atoms with E-state index in [-0.39, 0.29) is 11.8 Å². The van der Waals surface area contributed by atoms with Crippen molar-refractivity contribution in [3.63, 3.8) is 0 Å². The number of hydrogen-bond acceptors (Lipinski definition) is 4. The fourth-order valence-electron chi connectivity index (χ4n) is 2.23. The maximum Gasteiger partial charge on any atom is 0.266 e. The van der Waals surface area contributed by atoms with E-state index in [4.69, 9.17) is 0 Å². The molecule has 0 unspecified atom stereocenters. The van der Waals surface area contributed by atoms with Crippen molar-refractivity contribution in [3.05, 3.63) is 16.3 Å². The summed E-state index contributed by atoms with van der Waals surface area (Å²) in [6.45, 7) is 0.440. The molecule has 2 amide bonds. The average molecular weight is 238 g/mol. The monoisotopic (exact) mass is 238 g/mol. The Morgan fingerprint density at radius 3 is 3.12 bits per heavy atom. The van der Waals surface area contributed by atoms with Crippen LogP contribution in [0, 0.1) is 0 Å². The summed E-state index contributed by atoms with van der Waals surface area (Å²) >= 11 is 1.31. The molecule has 5 nitrogen and oxygen atoms in total. The molecule has 16 heavy (non-hydrogen) atoms. The fourth-order valence-corrected chi connectivity index (χ4v) is 3.03. The third kappa shape index (κ3) is 1.20. The van der Waals surface area contributed by atoms with Crippen LogP contribution in [-0.2, 0) is 4.79 Å². The number of aliphatic hydroxyl groups excluding tert-OH is 1. The van der Waals surface area contributed by atoms with E-state index in [9.17, 15) is 14.7 Å². The van der Waals surface area contributed by atoms with Crippen LogP contribution in [0.1, 0.15) is 16.1 Å². The number of nitrogens with zero attached hydrogens (tertiary/aromatic N) is 1. The molecule has 0 aliphatic carbocycles. The third-order valence-corrected chi connectivity index (χ3v) is 3.92. The molecule has 84 valence electrons. The van der Waals surface area contributed by atoms with Gasteiger partial charge in [0.2, 0.25) is 5.91 Å². The summed E-state index contributed by atoms with van der Waals surface area (Å²) in [6, 6.07) is 0.983. The normalized spacial score (nSPS) is 28.4. The van der Waals surface area contributed by atoms with Crippen molar-refractivity contribution >= 4 is 28.8 Å². The number of anilines is 1. The van der Waals surface area contributed by atoms with Crippen LogP contribution in [0.3, 0.4) is 0 Å². The molecule has 2 N–H and O–H groups in total. The predicted octanol–water partition coefficient (Wildman–Crippen LogP) is 0.276. The molecular weight excluding hydrogens is 228 g/mol. The highest BCUT2D eigenvalue weighted by atomic mass is 32.1. The van der Waals surface area contributed by atoms with Crippen LogP contribution in [0.4, 0.5) is 5.69 Å². The molecule has 1 saturated heterocycles. The van der Waals surface area contributed by atoms with Crippen molar-refractivity contribution in [2.24, 2.45) is 0 Å². The largest absolute Gasteiger partial charge is 0.390 e. The molecule has 1 fully saturated rings. The van der Waals surface area contributed by atoms with E-state index < -0.39 is 12.1 Å². The second-order valence-electron chi connectivity index (χ2n) is 3.95. The minimum atomic E-state index is -0.752. The van der Waals surface area contributed by atoms with E-state index in [0.717, 1.165) is 0 Å². The van der Waals surface area contributed by atoms with Gasteiger partial charge in [-0.05, 0) is 17.9 Å². The van der Waals surface area contributed by atoms with Crippen molar-refractivity contribution in [1.82, 2.24) is 4.90 Å². The molecule has 2 aliphatic rings. The van der Waals surface area contributed by atoms with E-state index in [2.05, 4.69) is 5.32 Å². The Morgan fingerprint density at radius 2 is 2.31 bits per heavy atom. The van der Waals surface area contributed by atoms with Crippen LogP contribution in [-0.4, -0.2) is 40.5 Å². The first-order valence-electron chi connectivity index (χ1n) is 5.06. The van der Waals surface area contributed by atoms with Gasteiger partial charge in [0.15, 0.2) is 0 Å². The number of fused-ring (bicyclic) bond motifs is 2. The highest BCUT2D eigenvalue weighted by Crippen LogP contribution is 2.31. The quantitative estimate of drug-likeness (QED) is 0.682. The molecular formula is C10H10N2O3S. The first kappa shape index (κ1) is 9.80. The summed E-state index contributed by atoms with van der Waals surface area (Å²) in [4.78, 5) is 26.0. The smallest absolute Gasteiger partial charge is 0.266 e. The lowest BCUT2D eigenvalue weighted by molar-refractivity contribution is -0.121. The lowest BCUT2D eigenvalue weighted by Crippen LogP contribution is -2.45. The molecule has 0 bridgehead atoms. The Morgan fingerprint density at radius 1 is 1.50 bits per heavy atom. The topological polar surface area (TPSA) is 69.6 Å². The molecule has 1 aromatic rings. The van der Waals surface area contributed by atoms with Gasteiger partial charge in [0.25, 0.3) is 5.91 Å². The molecule has 2 atom stereocenters. The molecule has 3 rings (SSSR count). The Bertz CT molecular complexity index is 470. The fraction of sp³-hybridized carbons (Fsp3) is 0.400. The molecule has 2 aliphatic heterocycles. The molecule has 0 radical (unpaired) electrons. The second kappa shape index (κ2) is 3.29. The number of carbonyl (C=O) groups excluding carboxylic acids is 2. The summed E-state index contributed by atoms with van der Waals surface area (Å²) in [5, 5.41) is 14.2. The zero-order chi connectivity index (χ0) is 11.3. The zero-order valence-corrected chi connectivity index (χ0v) is 9.16. The molecule has 6 heteroatoms. The second-order valence-corrected chi connectivity index (χ2v) is 4.87. The van der Waals surface area contributed by atoms with E-state index in [1.54, 1.807) is 11.4 Å². The van der Waals surface area contributed by atoms with Gasteiger partial charge < -0.3 is 15.3 Å². The standard InChI is InChI=1S/C10H10N2O3S/c13-6-1-3-12-7(6)9(14)11-5-2-4-16-8(5)10(12)15/h2,4,6-7,13H,1,3H2,(H,11,14)/t6-,7-/m0/s1. The summed E-state index contributed by atoms with van der Waals surface area (Å²) in [5.74, 6) is -0.458. The lowest BCUT2D eigenvalue weighted by Gasteiger charge is -2.21. The molecule has 0 saturated carbocycles. The molecule has 0 spiro atoms. The molecule has 0 aromatic carbocycles. The van der Waals surface area contributed by atoms with E-state index >= 15 is 0 Å². The maximum absolute atomic E-state index is 12.1. The summed E-state index contributed by atoms with van der Waals surface area (Å²) in [5.41, 5.74) is 0.557. The van der Waals surface area contributed by atoms with E-state index in [1.807, 2.05) is 0 Å². The van der Waals surface area contributed by atoms with Gasteiger partial charge in [-0.1, -0.05) is 0 Å². The van der Waals surface area contributed by atoms with Crippen LogP contribution >= 0.6 is 11.3 Å². The van der Waals surface area contributed by atoms with E-state index in [1.165, 1.54) is 16.2 Å². The first-order chi connectivity index (χ1) is 7.68. The van der Waals surface area contributed by atoms with Gasteiger partial charge in [-0.2, -0.15) is 0 Å². The number of hydrogen-bond donors (Lipinski definition) is 2. The number of thiophene rings is 1. The van der Waals surface area contributed by atoms with Gasteiger partial charge in [0.1, 0.15) is 10.9 Å². The Kier molecular flexibility index (Phi) is 2.02. The van der Waals surface area contributed by atoms with Gasteiger partial charge in [0, 0.05) is 6.54 Å². The first-order valence-corrected chi connectivity index (χ1v) is 5.94. The summed E-state index contributed by atoms with van der Waals surface area (Å²) < 4.78 is 0. The summed E-state index contributed by atoms with van der Waals surface area (Å²) in [6.07, 6.45) is -0.289. The lowest BCUT2D eigenvalue weighted by atomic mass is 10.1. The maximum atomic E-state index is 12.1. The molecule has 1 aromatic heterocycles. The van der Waals surface area contributed by atoms with Gasteiger partial charge in [-0.25, -0.2) is 0 Å². The number of carbonyl (C=O) groups is 2. The van der Waals surface area contributed by atoms with Crippen LogP contribution in [0.2, 0.25) is 0 Å². The third-order valence-electron chi connectivity index (χ3n) is 3.01. The van der Waals surface area contributed by atoms with E-state index in [0.29, 0.717) is 23.5 Å². The SMILES string of the molecule is O=C1Nc2ccsc2C(=O)N2CC[C@H](O)[C@@H]12. The Hall–Kier alpha value is -1.40. The van der Waals surface area contributed by atoms with Gasteiger partial charge in [0.05, 0.1) is 11.8 Å². The van der Waals surface area contributed by atoms with Crippen molar-refractivity contribution in [3.8, 4) is 0 Å². The number of aliphatic hydroxyl groups is 1. The Balaban J connectivity index is 2.08. The van der Waals surface area contributed by atoms with Crippen LogP contribution in [0.25, 0.3) is 0 Å². The van der Waals surface area contributed by atoms with Crippen LogP contribution in [0.15, 0.2) is 11.4 Å². The van der Waals surface area contributed by atoms with Crippen molar-refractivity contribution in [1.29, 1.82) is 0 Å². The average Bonchev–Trinajstić information content (AvgIpc) is 2.81. The highest BCUT2D eigenvalue weighted by Gasteiger charge is 2.44. The number of rotatable bonds is 0. The van der Waals surface area contributed by atoms with Gasteiger partial charge >= 0.3 is 0 Å². The predicted molar refractivity (Wildman–Crippen MR) is 58.4 cm³/mol. The van der Waals surface area contributed by atoms with Gasteiger partial charge in [-0.15, -0.1) is 11.3 Å². The zero-order valence-electron chi connectivity index (χ0n) is 8.34. The minimum Gasteiger partial charge on any atom is -0.390 e. The molecule has 3 heterocycles. The minimum absolute atomic E-state index is 0.162. The van der Waals surface area contributed by atoms with Crippen molar-refractivity contribution in [2.45, 2.75) is 18.6 Å².